The van der Waals surface area contributed by atoms with Crippen LogP contribution in [0.5, 0.6) is 11.5 Å². The van der Waals surface area contributed by atoms with Crippen molar-refractivity contribution in [2.45, 2.75) is 51.5 Å². The van der Waals surface area contributed by atoms with Gasteiger partial charge in [-0.2, -0.15) is 4.98 Å². The van der Waals surface area contributed by atoms with E-state index in [-0.39, 0.29) is 0 Å². The van der Waals surface area contributed by atoms with Crippen LogP contribution in [0.2, 0.25) is 0 Å². The van der Waals surface area contributed by atoms with E-state index >= 15 is 0 Å². The summed E-state index contributed by atoms with van der Waals surface area (Å²) in [4.78, 5) is 9.10. The summed E-state index contributed by atoms with van der Waals surface area (Å²) in [6.45, 7) is 3.17. The van der Waals surface area contributed by atoms with Crippen LogP contribution >= 0.6 is 0 Å². The third kappa shape index (κ3) is 6.31. The molecule has 0 atom stereocenters. The number of anilines is 2. The average molecular weight is 370 g/mol. The minimum atomic E-state index is 0.521. The maximum absolute atomic E-state index is 5.73. The number of aryl methyl sites for hydroxylation is 1. The number of methoxy groups -OCH3 is 1. The average Bonchev–Trinajstić information content (AvgIpc) is 2.94. The number of nitrogens with zero attached hydrogens (tertiary/aromatic N) is 2. The molecule has 1 aliphatic carbocycles. The zero-order chi connectivity index (χ0) is 18.9. The van der Waals surface area contributed by atoms with Crippen LogP contribution in [-0.2, 0) is 0 Å². The highest BCUT2D eigenvalue weighted by Crippen LogP contribution is 2.21. The molecular formula is C21H30N4O2. The normalized spacial score (nSPS) is 15.0. The molecular weight excluding hydrogens is 340 g/mol. The molecule has 27 heavy (non-hydrogen) atoms. The van der Waals surface area contributed by atoms with Gasteiger partial charge in [-0.05, 0) is 44.0 Å². The fourth-order valence-corrected chi connectivity index (χ4v) is 3.36. The molecule has 0 amide bonds. The van der Waals surface area contributed by atoms with Gasteiger partial charge >= 0.3 is 0 Å². The summed E-state index contributed by atoms with van der Waals surface area (Å²) >= 11 is 0. The van der Waals surface area contributed by atoms with Crippen molar-refractivity contribution in [2.75, 3.05) is 30.9 Å². The van der Waals surface area contributed by atoms with Crippen molar-refractivity contribution in [2.24, 2.45) is 0 Å². The third-order valence-corrected chi connectivity index (χ3v) is 4.77. The van der Waals surface area contributed by atoms with E-state index in [4.69, 9.17) is 9.47 Å². The van der Waals surface area contributed by atoms with E-state index < -0.39 is 0 Å². The van der Waals surface area contributed by atoms with Crippen molar-refractivity contribution in [3.05, 3.63) is 36.0 Å². The highest BCUT2D eigenvalue weighted by atomic mass is 16.5. The topological polar surface area (TPSA) is 68.3 Å². The van der Waals surface area contributed by atoms with Crippen molar-refractivity contribution in [3.63, 3.8) is 0 Å². The molecule has 2 aromatic rings. The van der Waals surface area contributed by atoms with Crippen LogP contribution in [0.4, 0.5) is 11.8 Å². The van der Waals surface area contributed by atoms with Crippen LogP contribution in [0.3, 0.4) is 0 Å². The molecule has 6 heteroatoms. The SMILES string of the molecule is COc1ccc(OCCNc2nc(C)cc(NC3CCCCCC3)n2)cc1. The quantitative estimate of drug-likeness (QED) is 0.530. The molecule has 1 heterocycles. The second-order valence-electron chi connectivity index (χ2n) is 7.00. The van der Waals surface area contributed by atoms with Gasteiger partial charge in [0.2, 0.25) is 5.95 Å². The van der Waals surface area contributed by atoms with E-state index in [1.54, 1.807) is 7.11 Å². The second kappa shape index (κ2) is 10.00. The van der Waals surface area contributed by atoms with E-state index in [9.17, 15) is 0 Å². The highest BCUT2D eigenvalue weighted by molar-refractivity contribution is 5.43. The van der Waals surface area contributed by atoms with Gasteiger partial charge < -0.3 is 20.1 Å². The van der Waals surface area contributed by atoms with Crippen LogP contribution in [0.25, 0.3) is 0 Å². The molecule has 0 aliphatic heterocycles. The maximum atomic E-state index is 5.73. The number of hydrogen-bond donors (Lipinski definition) is 2. The predicted octanol–water partition coefficient (Wildman–Crippen LogP) is 4.42. The molecule has 1 fully saturated rings. The van der Waals surface area contributed by atoms with Crippen molar-refractivity contribution >= 4 is 11.8 Å². The minimum Gasteiger partial charge on any atom is -0.497 e. The molecule has 0 unspecified atom stereocenters. The van der Waals surface area contributed by atoms with Crippen LogP contribution in [0.15, 0.2) is 30.3 Å². The second-order valence-corrected chi connectivity index (χ2v) is 7.00. The Morgan fingerprint density at radius 2 is 1.70 bits per heavy atom. The molecule has 0 spiro atoms. The molecule has 0 bridgehead atoms. The first-order chi connectivity index (χ1) is 13.2. The van der Waals surface area contributed by atoms with Gasteiger partial charge in [0.15, 0.2) is 0 Å². The fourth-order valence-electron chi connectivity index (χ4n) is 3.36. The Morgan fingerprint density at radius 3 is 2.41 bits per heavy atom. The fraction of sp³-hybridized carbons (Fsp3) is 0.524. The lowest BCUT2D eigenvalue weighted by atomic mass is 10.1. The number of hydrogen-bond acceptors (Lipinski definition) is 6. The Morgan fingerprint density at radius 1 is 1.00 bits per heavy atom. The summed E-state index contributed by atoms with van der Waals surface area (Å²) in [5.74, 6) is 3.19. The van der Waals surface area contributed by atoms with Crippen LogP contribution in [0.1, 0.15) is 44.2 Å². The summed E-state index contributed by atoms with van der Waals surface area (Å²) in [6, 6.07) is 10.1. The smallest absolute Gasteiger partial charge is 0.224 e. The zero-order valence-electron chi connectivity index (χ0n) is 16.3. The van der Waals surface area contributed by atoms with E-state index in [0.29, 0.717) is 25.1 Å². The lowest BCUT2D eigenvalue weighted by Crippen LogP contribution is -2.20. The lowest BCUT2D eigenvalue weighted by molar-refractivity contribution is 0.331. The van der Waals surface area contributed by atoms with Crippen LogP contribution < -0.4 is 20.1 Å². The Balaban J connectivity index is 1.48. The zero-order valence-corrected chi connectivity index (χ0v) is 16.3. The Kier molecular flexibility index (Phi) is 7.13. The molecule has 0 saturated heterocycles. The van der Waals surface area contributed by atoms with Gasteiger partial charge in [-0.3, -0.25) is 0 Å². The Hall–Kier alpha value is -2.50. The van der Waals surface area contributed by atoms with Crippen molar-refractivity contribution in [1.82, 2.24) is 9.97 Å². The summed E-state index contributed by atoms with van der Waals surface area (Å²) in [7, 11) is 1.65. The Labute approximate surface area is 161 Å². The van der Waals surface area contributed by atoms with Gasteiger partial charge in [0.25, 0.3) is 0 Å². The maximum Gasteiger partial charge on any atom is 0.224 e. The summed E-state index contributed by atoms with van der Waals surface area (Å²) in [6.07, 6.45) is 7.75. The number of benzene rings is 1. The molecule has 0 radical (unpaired) electrons. The molecule has 146 valence electrons. The van der Waals surface area contributed by atoms with Crippen LogP contribution in [0, 0.1) is 6.92 Å². The summed E-state index contributed by atoms with van der Waals surface area (Å²) in [5, 5.41) is 6.85. The lowest BCUT2D eigenvalue weighted by Gasteiger charge is -2.18. The minimum absolute atomic E-state index is 0.521. The monoisotopic (exact) mass is 370 g/mol. The number of aromatic nitrogens is 2. The summed E-state index contributed by atoms with van der Waals surface area (Å²) < 4.78 is 10.9. The molecule has 3 rings (SSSR count). The van der Waals surface area contributed by atoms with Crippen molar-refractivity contribution < 1.29 is 9.47 Å². The van der Waals surface area contributed by atoms with Gasteiger partial charge in [-0.25, -0.2) is 4.98 Å². The van der Waals surface area contributed by atoms with Gasteiger partial charge in [-0.15, -0.1) is 0 Å². The number of rotatable bonds is 8. The molecule has 1 aromatic heterocycles. The largest absolute Gasteiger partial charge is 0.497 e. The number of ether oxygens (including phenoxy) is 2. The molecule has 1 saturated carbocycles. The van der Waals surface area contributed by atoms with Crippen LogP contribution in [-0.4, -0.2) is 36.3 Å². The number of nitrogens with one attached hydrogen (secondary N) is 2. The first-order valence-electron chi connectivity index (χ1n) is 9.86. The van der Waals surface area contributed by atoms with Crippen molar-refractivity contribution in [1.29, 1.82) is 0 Å². The first kappa shape index (κ1) is 19.3. The first-order valence-corrected chi connectivity index (χ1v) is 9.86. The molecule has 2 N–H and O–H groups in total. The van der Waals surface area contributed by atoms with E-state index in [0.717, 1.165) is 23.0 Å². The molecule has 1 aromatic carbocycles. The van der Waals surface area contributed by atoms with Gasteiger partial charge in [0.1, 0.15) is 23.9 Å². The standard InChI is InChI=1S/C21H30N4O2/c1-16-15-20(24-17-7-5-3-4-6-8-17)25-21(23-16)22-13-14-27-19-11-9-18(26-2)10-12-19/h9-12,15,17H,3-8,13-14H2,1-2H3,(H2,22,23,24,25). The highest BCUT2D eigenvalue weighted by Gasteiger charge is 2.13. The van der Waals surface area contributed by atoms with Gasteiger partial charge in [0.05, 0.1) is 13.7 Å². The van der Waals surface area contributed by atoms with Gasteiger partial charge in [-0.1, -0.05) is 25.7 Å². The predicted molar refractivity (Wildman–Crippen MR) is 109 cm³/mol. The van der Waals surface area contributed by atoms with Gasteiger partial charge in [0, 0.05) is 17.8 Å². The van der Waals surface area contributed by atoms with E-state index in [1.165, 1.54) is 38.5 Å². The molecule has 1 aliphatic rings. The Bertz CT molecular complexity index is 698. The van der Waals surface area contributed by atoms with Crippen molar-refractivity contribution in [3.8, 4) is 11.5 Å². The van der Waals surface area contributed by atoms with E-state index in [1.807, 2.05) is 37.3 Å². The summed E-state index contributed by atoms with van der Waals surface area (Å²) in [5.41, 5.74) is 0.958. The molecule has 6 nitrogen and oxygen atoms in total. The third-order valence-electron chi connectivity index (χ3n) is 4.77. The van der Waals surface area contributed by atoms with E-state index in [2.05, 4.69) is 20.6 Å².